The van der Waals surface area contributed by atoms with Gasteiger partial charge in [-0.3, -0.25) is 43.5 Å². The number of pyridine rings is 1. The smallest absolute Gasteiger partial charge is 0.329 e. The number of imidazole rings is 1. The molecule has 0 radical (unpaired) electrons. The van der Waals surface area contributed by atoms with Crippen molar-refractivity contribution in [2.75, 3.05) is 26.2 Å². The fourth-order valence-electron chi connectivity index (χ4n) is 10.5. The number of amides is 3. The number of rotatable bonds is 9. The van der Waals surface area contributed by atoms with Crippen LogP contribution in [-0.4, -0.2) is 97.6 Å². The molecule has 0 saturated carbocycles. The van der Waals surface area contributed by atoms with Crippen molar-refractivity contribution >= 4 is 50.7 Å². The van der Waals surface area contributed by atoms with Crippen LogP contribution in [0, 0.1) is 5.92 Å². The Hall–Kier alpha value is -7.20. The summed E-state index contributed by atoms with van der Waals surface area (Å²) in [5.74, 6) is 0.0648. The maximum absolute atomic E-state index is 13.7. The molecule has 0 aliphatic carbocycles. The van der Waals surface area contributed by atoms with Crippen molar-refractivity contribution in [3.05, 3.63) is 119 Å². The molecule has 3 aromatic carbocycles. The topological polar surface area (TPSA) is 174 Å². The van der Waals surface area contributed by atoms with Crippen molar-refractivity contribution in [2.45, 2.75) is 63.6 Å². The number of piperidine rings is 3. The number of carbonyl (C=O) groups excluding carboxylic acids is 3. The largest absolute Gasteiger partial charge is 0.339 e. The standard InChI is InChI=1S/C49H50N12O4/c1-56-36(25-39-37(14-19-50-46(39)56)34-10-11-40-35(24-34)26-51-53-40)28-58-20-17-32(18-21-58)31-6-8-33(9-7-31)48(64)59-22-15-30(16-23-59)27-60-29-41(54-55-60)38-4-3-5-42-45(38)57(2)49(65)61(42)43-12-13-44(62)52-47(43)63/h3-11,14,19,24-26,29-30,32,43H,12-13,15-18,20-23,27-28H2,1-2H3,(H,51,53)(H,52,62,63). The first-order valence-electron chi connectivity index (χ1n) is 22.6. The average Bonchev–Trinajstić information content (AvgIpc) is 4.12. The van der Waals surface area contributed by atoms with Crippen molar-refractivity contribution in [1.82, 2.24) is 59.0 Å². The molecule has 3 saturated heterocycles. The second-order valence-electron chi connectivity index (χ2n) is 18.0. The Bertz CT molecular complexity index is 3190. The van der Waals surface area contributed by atoms with Crippen LogP contribution in [0.15, 0.2) is 96.2 Å². The van der Waals surface area contributed by atoms with Gasteiger partial charge in [0.05, 0.1) is 28.9 Å². The second-order valence-corrected chi connectivity index (χ2v) is 18.0. The normalized spacial score (nSPS) is 18.1. The number of H-pyrrole nitrogens is 1. The number of benzene rings is 3. The zero-order valence-electron chi connectivity index (χ0n) is 36.5. The summed E-state index contributed by atoms with van der Waals surface area (Å²) in [4.78, 5) is 60.9. The van der Waals surface area contributed by atoms with E-state index in [1.54, 1.807) is 7.05 Å². The lowest BCUT2D eigenvalue weighted by Crippen LogP contribution is -2.44. The number of aromatic nitrogens is 9. The van der Waals surface area contributed by atoms with Gasteiger partial charge < -0.3 is 9.47 Å². The van der Waals surface area contributed by atoms with Crippen LogP contribution in [0.5, 0.6) is 0 Å². The Morgan fingerprint density at radius 2 is 1.66 bits per heavy atom. The molecule has 0 bridgehead atoms. The van der Waals surface area contributed by atoms with E-state index in [0.29, 0.717) is 48.2 Å². The number of fused-ring (bicyclic) bond motifs is 3. The molecule has 16 heteroatoms. The van der Waals surface area contributed by atoms with Crippen LogP contribution >= 0.6 is 0 Å². The molecule has 16 nitrogen and oxygen atoms in total. The molecule has 3 amide bonds. The van der Waals surface area contributed by atoms with Crippen LogP contribution in [0.2, 0.25) is 0 Å². The zero-order chi connectivity index (χ0) is 44.3. The van der Waals surface area contributed by atoms with E-state index in [-0.39, 0.29) is 30.3 Å². The van der Waals surface area contributed by atoms with Gasteiger partial charge in [0.2, 0.25) is 11.8 Å². The number of hydrogen-bond acceptors (Lipinski definition) is 9. The average molecular weight is 871 g/mol. The minimum absolute atomic E-state index is 0.0745. The molecule has 0 spiro atoms. The van der Waals surface area contributed by atoms with Crippen molar-refractivity contribution in [3.63, 3.8) is 0 Å². The molecule has 330 valence electrons. The first-order valence-corrected chi connectivity index (χ1v) is 22.6. The van der Waals surface area contributed by atoms with E-state index in [9.17, 15) is 19.2 Å². The summed E-state index contributed by atoms with van der Waals surface area (Å²) in [6.45, 7) is 4.90. The quantitative estimate of drug-likeness (QED) is 0.167. The minimum Gasteiger partial charge on any atom is -0.339 e. The van der Waals surface area contributed by atoms with E-state index in [0.717, 1.165) is 83.9 Å². The molecule has 1 unspecified atom stereocenters. The van der Waals surface area contributed by atoms with Crippen LogP contribution in [0.3, 0.4) is 0 Å². The van der Waals surface area contributed by atoms with E-state index in [4.69, 9.17) is 4.98 Å². The van der Waals surface area contributed by atoms with Crippen molar-refractivity contribution in [2.24, 2.45) is 20.0 Å². The molecule has 8 heterocycles. The van der Waals surface area contributed by atoms with Gasteiger partial charge in [0.15, 0.2) is 0 Å². The van der Waals surface area contributed by atoms with Gasteiger partial charge in [-0.15, -0.1) is 5.10 Å². The van der Waals surface area contributed by atoms with E-state index in [2.05, 4.69) is 84.8 Å². The highest BCUT2D eigenvalue weighted by Gasteiger charge is 2.32. The molecule has 3 fully saturated rings. The van der Waals surface area contributed by atoms with Gasteiger partial charge in [-0.05, 0) is 116 Å². The van der Waals surface area contributed by atoms with Crippen molar-refractivity contribution in [1.29, 1.82) is 0 Å². The van der Waals surface area contributed by atoms with Crippen LogP contribution in [-0.2, 0) is 36.8 Å². The lowest BCUT2D eigenvalue weighted by molar-refractivity contribution is -0.135. The summed E-state index contributed by atoms with van der Waals surface area (Å²) in [7, 11) is 3.80. The number of nitrogens with zero attached hydrogens (tertiary/aromatic N) is 10. The Morgan fingerprint density at radius 3 is 2.46 bits per heavy atom. The second kappa shape index (κ2) is 16.4. The van der Waals surface area contributed by atoms with Crippen LogP contribution in [0.1, 0.15) is 72.1 Å². The Morgan fingerprint density at radius 1 is 0.846 bits per heavy atom. The Labute approximate surface area is 373 Å². The molecule has 65 heavy (non-hydrogen) atoms. The number of aromatic amines is 1. The third-order valence-corrected chi connectivity index (χ3v) is 14.2. The van der Waals surface area contributed by atoms with Crippen molar-refractivity contribution in [3.8, 4) is 22.4 Å². The number of hydrogen-bond donors (Lipinski definition) is 2. The number of para-hydroxylation sites is 1. The van der Waals surface area contributed by atoms with E-state index >= 15 is 0 Å². The number of imide groups is 1. The third kappa shape index (κ3) is 7.40. The molecular formula is C49H50N12O4. The van der Waals surface area contributed by atoms with Gasteiger partial charge in [-0.1, -0.05) is 35.5 Å². The maximum Gasteiger partial charge on any atom is 0.329 e. The Balaban J connectivity index is 0.681. The first-order chi connectivity index (χ1) is 31.7. The Kier molecular flexibility index (Phi) is 10.2. The monoisotopic (exact) mass is 870 g/mol. The molecule has 11 rings (SSSR count). The molecule has 5 aromatic heterocycles. The number of nitrogens with one attached hydrogen (secondary N) is 2. The van der Waals surface area contributed by atoms with Crippen LogP contribution in [0.4, 0.5) is 0 Å². The predicted octanol–water partition coefficient (Wildman–Crippen LogP) is 5.94. The molecule has 8 aromatic rings. The van der Waals surface area contributed by atoms with Gasteiger partial charge in [0.25, 0.3) is 5.91 Å². The molecule has 2 N–H and O–H groups in total. The highest BCUT2D eigenvalue weighted by molar-refractivity contribution is 6.01. The summed E-state index contributed by atoms with van der Waals surface area (Å²) in [5, 5.41) is 20.8. The maximum atomic E-state index is 13.7. The van der Waals surface area contributed by atoms with Gasteiger partial charge in [-0.25, -0.2) is 9.78 Å². The van der Waals surface area contributed by atoms with Crippen LogP contribution in [0.25, 0.3) is 55.4 Å². The third-order valence-electron chi connectivity index (χ3n) is 14.2. The van der Waals surface area contributed by atoms with E-state index < -0.39 is 11.9 Å². The molecule has 3 aliphatic heterocycles. The highest BCUT2D eigenvalue weighted by atomic mass is 16.2. The van der Waals surface area contributed by atoms with E-state index in [1.807, 2.05) is 58.5 Å². The van der Waals surface area contributed by atoms with Gasteiger partial charge in [0, 0.05) is 80.5 Å². The number of likely N-dealkylation sites (tertiary alicyclic amines) is 2. The van der Waals surface area contributed by atoms with Gasteiger partial charge in [-0.2, -0.15) is 5.10 Å². The SMILES string of the molecule is Cn1c(CN2CCC(c3ccc(C(=O)N4CCC(Cn5cc(-c6cccc7c6n(C)c(=O)n7C6CCC(=O)NC6=O)nn5)CC4)cc3)CC2)cc2c(-c3ccc4[nH]ncc4c3)ccnc21. The summed E-state index contributed by atoms with van der Waals surface area (Å²) in [5.41, 5.74) is 9.93. The molecular weight excluding hydrogens is 821 g/mol. The summed E-state index contributed by atoms with van der Waals surface area (Å²) in [6.07, 6.45) is 9.96. The van der Waals surface area contributed by atoms with Crippen molar-refractivity contribution < 1.29 is 14.4 Å². The van der Waals surface area contributed by atoms with Gasteiger partial charge >= 0.3 is 5.69 Å². The zero-order valence-corrected chi connectivity index (χ0v) is 36.5. The minimum atomic E-state index is -0.764. The molecule has 1 atom stereocenters. The lowest BCUT2D eigenvalue weighted by atomic mass is 9.88. The summed E-state index contributed by atoms with van der Waals surface area (Å²) in [6, 6.07) is 23.9. The lowest BCUT2D eigenvalue weighted by Gasteiger charge is -2.33. The van der Waals surface area contributed by atoms with Crippen LogP contribution < -0.4 is 11.0 Å². The van der Waals surface area contributed by atoms with Gasteiger partial charge in [0.1, 0.15) is 17.4 Å². The number of aryl methyl sites for hydroxylation is 2. The fraction of sp³-hybridized carbons (Fsp3) is 0.347. The number of carbonyl (C=O) groups is 3. The summed E-state index contributed by atoms with van der Waals surface area (Å²) < 4.78 is 7.08. The molecule has 3 aliphatic rings. The highest BCUT2D eigenvalue weighted by Crippen LogP contribution is 2.34. The summed E-state index contributed by atoms with van der Waals surface area (Å²) >= 11 is 0. The predicted molar refractivity (Wildman–Crippen MR) is 246 cm³/mol. The van der Waals surface area contributed by atoms with E-state index in [1.165, 1.54) is 26.0 Å². The fourth-order valence-corrected chi connectivity index (χ4v) is 10.5. The first kappa shape index (κ1) is 40.6.